The molecule has 0 unspecified atom stereocenters. The topological polar surface area (TPSA) is 69.7 Å². The average molecular weight is 492 g/mol. The van der Waals surface area contributed by atoms with Crippen LogP contribution in [0, 0.1) is 0 Å². The first kappa shape index (κ1) is 25.1. The van der Waals surface area contributed by atoms with E-state index in [-0.39, 0.29) is 5.91 Å². The van der Waals surface area contributed by atoms with E-state index in [1.54, 1.807) is 28.6 Å². The molecule has 0 aliphatic carbocycles. The fraction of sp³-hybridized carbons (Fsp3) is 0.321. The number of carbonyl (C=O) groups excluding carboxylic acids is 1. The number of amides is 1. The van der Waals surface area contributed by atoms with Crippen LogP contribution in [-0.4, -0.2) is 49.7 Å². The fourth-order valence-corrected chi connectivity index (χ4v) is 5.72. The molecule has 35 heavy (non-hydrogen) atoms. The summed E-state index contributed by atoms with van der Waals surface area (Å²) in [6, 6.07) is 24.3. The van der Waals surface area contributed by atoms with E-state index >= 15 is 0 Å². The van der Waals surface area contributed by atoms with Gasteiger partial charge in [-0.15, -0.1) is 0 Å². The van der Waals surface area contributed by atoms with Crippen LogP contribution in [0.5, 0.6) is 0 Å². The third-order valence-corrected chi connectivity index (χ3v) is 8.25. The first-order chi connectivity index (χ1) is 17.0. The lowest BCUT2D eigenvalue weighted by molar-refractivity contribution is 0.102. The van der Waals surface area contributed by atoms with Gasteiger partial charge >= 0.3 is 0 Å². The normalized spacial score (nSPS) is 15.1. The van der Waals surface area contributed by atoms with Gasteiger partial charge in [0, 0.05) is 44.0 Å². The van der Waals surface area contributed by atoms with Gasteiger partial charge in [-0.3, -0.25) is 9.69 Å². The molecule has 1 aliphatic rings. The van der Waals surface area contributed by atoms with Crippen molar-refractivity contribution < 1.29 is 13.2 Å². The lowest BCUT2D eigenvalue weighted by atomic mass is 10.1. The highest BCUT2D eigenvalue weighted by Crippen LogP contribution is 2.19. The van der Waals surface area contributed by atoms with Crippen molar-refractivity contribution >= 4 is 21.6 Å². The van der Waals surface area contributed by atoms with Gasteiger partial charge < -0.3 is 5.32 Å². The van der Waals surface area contributed by atoms with Crippen LogP contribution in [0.4, 0.5) is 5.69 Å². The third kappa shape index (κ3) is 6.57. The standard InChI is InChI=1S/C28H33N3O3S/c1-2-3-8-23-13-15-26(16-14-23)29-28(32)25-10-7-9-24(21-25)22-30-17-19-31(20-18-30)35(33,34)27-11-5-4-6-12-27/h4-7,9-16,21H,2-3,8,17-20,22H2,1H3,(H,29,32). The molecule has 0 spiro atoms. The van der Waals surface area contributed by atoms with Crippen LogP contribution in [0.3, 0.4) is 0 Å². The second-order valence-electron chi connectivity index (χ2n) is 8.95. The molecule has 0 bridgehead atoms. The number of aryl methyl sites for hydroxylation is 1. The van der Waals surface area contributed by atoms with Crippen molar-refractivity contribution in [1.82, 2.24) is 9.21 Å². The predicted molar refractivity (Wildman–Crippen MR) is 140 cm³/mol. The molecule has 1 heterocycles. The average Bonchev–Trinajstić information content (AvgIpc) is 2.89. The summed E-state index contributed by atoms with van der Waals surface area (Å²) in [7, 11) is -3.46. The minimum atomic E-state index is -3.46. The molecule has 1 fully saturated rings. The van der Waals surface area contributed by atoms with E-state index in [4.69, 9.17) is 0 Å². The highest BCUT2D eigenvalue weighted by Gasteiger charge is 2.28. The minimum Gasteiger partial charge on any atom is -0.322 e. The molecular formula is C28H33N3O3S. The molecule has 3 aromatic rings. The van der Waals surface area contributed by atoms with Crippen molar-refractivity contribution in [2.45, 2.75) is 37.6 Å². The number of nitrogens with one attached hydrogen (secondary N) is 1. The Morgan fingerprint density at radius 2 is 1.57 bits per heavy atom. The summed E-state index contributed by atoms with van der Waals surface area (Å²) in [5.74, 6) is -0.132. The van der Waals surface area contributed by atoms with E-state index in [0.717, 1.165) is 30.5 Å². The van der Waals surface area contributed by atoms with Gasteiger partial charge in [-0.25, -0.2) is 8.42 Å². The molecule has 7 heteroatoms. The second kappa shape index (κ2) is 11.6. The monoisotopic (exact) mass is 491 g/mol. The van der Waals surface area contributed by atoms with Gasteiger partial charge in [-0.1, -0.05) is 55.8 Å². The van der Waals surface area contributed by atoms with Crippen LogP contribution in [0.25, 0.3) is 0 Å². The van der Waals surface area contributed by atoms with Gasteiger partial charge in [-0.2, -0.15) is 4.31 Å². The van der Waals surface area contributed by atoms with Gasteiger partial charge in [0.15, 0.2) is 0 Å². The number of piperazine rings is 1. The van der Waals surface area contributed by atoms with Gasteiger partial charge in [-0.05, 0) is 60.4 Å². The number of unbranched alkanes of at least 4 members (excludes halogenated alkanes) is 1. The molecule has 0 atom stereocenters. The van der Waals surface area contributed by atoms with Crippen molar-refractivity contribution in [1.29, 1.82) is 0 Å². The maximum absolute atomic E-state index is 12.8. The van der Waals surface area contributed by atoms with E-state index < -0.39 is 10.0 Å². The number of carbonyl (C=O) groups is 1. The Morgan fingerprint density at radius 3 is 2.26 bits per heavy atom. The Hall–Kier alpha value is -3.00. The lowest BCUT2D eigenvalue weighted by Crippen LogP contribution is -2.48. The van der Waals surface area contributed by atoms with Crippen LogP contribution in [0.2, 0.25) is 0 Å². The Bertz CT molecular complexity index is 1220. The zero-order chi connectivity index (χ0) is 24.7. The molecule has 1 aliphatic heterocycles. The molecule has 3 aromatic carbocycles. The zero-order valence-corrected chi connectivity index (χ0v) is 21.0. The van der Waals surface area contributed by atoms with Crippen molar-refractivity contribution in [3.05, 3.63) is 95.6 Å². The lowest BCUT2D eigenvalue weighted by Gasteiger charge is -2.34. The Kier molecular flexibility index (Phi) is 8.33. The number of rotatable bonds is 9. The van der Waals surface area contributed by atoms with E-state index in [2.05, 4.69) is 29.3 Å². The summed E-state index contributed by atoms with van der Waals surface area (Å²) >= 11 is 0. The molecular weight excluding hydrogens is 458 g/mol. The number of hydrogen-bond donors (Lipinski definition) is 1. The predicted octanol–water partition coefficient (Wildman–Crippen LogP) is 4.79. The fourth-order valence-electron chi connectivity index (χ4n) is 4.28. The summed E-state index contributed by atoms with van der Waals surface area (Å²) in [6.07, 6.45) is 3.38. The zero-order valence-electron chi connectivity index (χ0n) is 20.2. The molecule has 0 aromatic heterocycles. The highest BCUT2D eigenvalue weighted by molar-refractivity contribution is 7.89. The number of benzene rings is 3. The molecule has 4 rings (SSSR count). The molecule has 6 nitrogen and oxygen atoms in total. The first-order valence-corrected chi connectivity index (χ1v) is 13.7. The molecule has 184 valence electrons. The van der Waals surface area contributed by atoms with Gasteiger partial charge in [0.05, 0.1) is 4.90 Å². The van der Waals surface area contributed by atoms with Crippen LogP contribution in [0.15, 0.2) is 83.8 Å². The summed E-state index contributed by atoms with van der Waals surface area (Å²) in [4.78, 5) is 15.4. The Labute approximate surface area is 208 Å². The van der Waals surface area contributed by atoms with Crippen LogP contribution in [-0.2, 0) is 23.0 Å². The molecule has 0 radical (unpaired) electrons. The van der Waals surface area contributed by atoms with Crippen molar-refractivity contribution in [3.63, 3.8) is 0 Å². The number of sulfonamides is 1. The Balaban J connectivity index is 1.32. The van der Waals surface area contributed by atoms with E-state index in [1.165, 1.54) is 5.56 Å². The summed E-state index contributed by atoms with van der Waals surface area (Å²) < 4.78 is 27.3. The summed E-state index contributed by atoms with van der Waals surface area (Å²) in [6.45, 7) is 5.04. The van der Waals surface area contributed by atoms with E-state index in [9.17, 15) is 13.2 Å². The van der Waals surface area contributed by atoms with Gasteiger partial charge in [0.25, 0.3) is 5.91 Å². The maximum Gasteiger partial charge on any atom is 0.255 e. The van der Waals surface area contributed by atoms with Crippen molar-refractivity contribution in [2.24, 2.45) is 0 Å². The van der Waals surface area contributed by atoms with Crippen LogP contribution >= 0.6 is 0 Å². The SMILES string of the molecule is CCCCc1ccc(NC(=O)c2cccc(CN3CCN(S(=O)(=O)c4ccccc4)CC3)c2)cc1. The first-order valence-electron chi connectivity index (χ1n) is 12.2. The smallest absolute Gasteiger partial charge is 0.255 e. The second-order valence-corrected chi connectivity index (χ2v) is 10.9. The maximum atomic E-state index is 12.8. The third-order valence-electron chi connectivity index (χ3n) is 6.34. The highest BCUT2D eigenvalue weighted by atomic mass is 32.2. The number of hydrogen-bond acceptors (Lipinski definition) is 4. The molecule has 0 saturated carbocycles. The van der Waals surface area contributed by atoms with Crippen LogP contribution in [0.1, 0.15) is 41.3 Å². The summed E-state index contributed by atoms with van der Waals surface area (Å²) in [5, 5.41) is 2.98. The number of nitrogens with zero attached hydrogens (tertiary/aromatic N) is 2. The van der Waals surface area contributed by atoms with E-state index in [0.29, 0.717) is 43.2 Å². The van der Waals surface area contributed by atoms with Crippen LogP contribution < -0.4 is 5.32 Å². The van der Waals surface area contributed by atoms with Crippen molar-refractivity contribution in [2.75, 3.05) is 31.5 Å². The number of anilines is 1. The van der Waals surface area contributed by atoms with Gasteiger partial charge in [0.2, 0.25) is 10.0 Å². The molecule has 1 amide bonds. The molecule has 1 saturated heterocycles. The van der Waals surface area contributed by atoms with Crippen molar-refractivity contribution in [3.8, 4) is 0 Å². The summed E-state index contributed by atoms with van der Waals surface area (Å²) in [5.41, 5.74) is 3.72. The Morgan fingerprint density at radius 1 is 0.857 bits per heavy atom. The van der Waals surface area contributed by atoms with E-state index in [1.807, 2.05) is 42.5 Å². The quantitative estimate of drug-likeness (QED) is 0.467. The van der Waals surface area contributed by atoms with Gasteiger partial charge in [0.1, 0.15) is 0 Å². The molecule has 1 N–H and O–H groups in total. The minimum absolute atomic E-state index is 0.132. The largest absolute Gasteiger partial charge is 0.322 e.